The van der Waals surface area contributed by atoms with Crippen molar-refractivity contribution in [2.75, 3.05) is 6.16 Å². The molecule has 12 heavy (non-hydrogen) atoms. The summed E-state index contributed by atoms with van der Waals surface area (Å²) in [5.74, 6) is 0. The van der Waals surface area contributed by atoms with Gasteiger partial charge in [0.2, 0.25) is 0 Å². The predicted octanol–water partition coefficient (Wildman–Crippen LogP) is 2.00. The average molecular weight is 184 g/mol. The average Bonchev–Trinajstić information content (AvgIpc) is 2.03. The van der Waals surface area contributed by atoms with E-state index < -0.39 is 8.03 Å². The van der Waals surface area contributed by atoms with E-state index >= 15 is 0 Å². The van der Waals surface area contributed by atoms with E-state index in [9.17, 15) is 4.57 Å². The Bertz CT molecular complexity index is 266. The molecule has 0 fully saturated rings. The topological polar surface area (TPSA) is 37.3 Å². The molecule has 0 aliphatic carbocycles. The van der Waals surface area contributed by atoms with Gasteiger partial charge in [0.25, 0.3) is 0 Å². The molecule has 1 atom stereocenters. The Labute approximate surface area is 73.1 Å². The van der Waals surface area contributed by atoms with Crippen molar-refractivity contribution in [3.05, 3.63) is 35.4 Å². The maximum absolute atomic E-state index is 10.4. The minimum atomic E-state index is -2.29. The Morgan fingerprint density at radius 3 is 2.42 bits per heavy atom. The standard InChI is InChI=1S/C9H13O2P/c1-8-2-4-9(5-3-8)6-7-12(10)11/h2-5,12H,6-7H2,1H3,(H,10,11). The summed E-state index contributed by atoms with van der Waals surface area (Å²) in [5.41, 5.74) is 2.35. The number of aryl methyl sites for hydroxylation is 2. The summed E-state index contributed by atoms with van der Waals surface area (Å²) in [4.78, 5) is 8.61. The normalized spacial score (nSPS) is 12.8. The maximum Gasteiger partial charge on any atom is 0.189 e. The molecule has 3 heteroatoms. The summed E-state index contributed by atoms with van der Waals surface area (Å²) in [7, 11) is -2.29. The third kappa shape index (κ3) is 3.21. The highest BCUT2D eigenvalue weighted by Gasteiger charge is 1.95. The van der Waals surface area contributed by atoms with Gasteiger partial charge in [0.1, 0.15) is 0 Å². The van der Waals surface area contributed by atoms with Crippen molar-refractivity contribution in [3.63, 3.8) is 0 Å². The van der Waals surface area contributed by atoms with Gasteiger partial charge in [0.05, 0.1) is 0 Å². The molecule has 1 aromatic carbocycles. The first kappa shape index (κ1) is 9.50. The molecule has 0 heterocycles. The van der Waals surface area contributed by atoms with Gasteiger partial charge in [-0.3, -0.25) is 4.57 Å². The third-order valence-corrected chi connectivity index (χ3v) is 2.43. The van der Waals surface area contributed by atoms with E-state index in [0.29, 0.717) is 12.6 Å². The van der Waals surface area contributed by atoms with Crippen LogP contribution in [0, 0.1) is 6.92 Å². The van der Waals surface area contributed by atoms with E-state index in [4.69, 9.17) is 4.89 Å². The SMILES string of the molecule is Cc1ccc(CC[PH](=O)O)cc1. The van der Waals surface area contributed by atoms with E-state index in [-0.39, 0.29) is 0 Å². The molecule has 0 aliphatic rings. The quantitative estimate of drug-likeness (QED) is 0.729. The molecule has 0 radical (unpaired) electrons. The van der Waals surface area contributed by atoms with Crippen molar-refractivity contribution in [1.29, 1.82) is 0 Å². The molecule has 66 valence electrons. The first-order chi connectivity index (χ1) is 5.68. The molecule has 1 rings (SSSR count). The lowest BCUT2D eigenvalue weighted by atomic mass is 10.1. The van der Waals surface area contributed by atoms with Crippen molar-refractivity contribution in [3.8, 4) is 0 Å². The molecule has 0 bridgehead atoms. The summed E-state index contributed by atoms with van der Waals surface area (Å²) in [6.45, 7) is 2.03. The largest absolute Gasteiger partial charge is 0.346 e. The summed E-state index contributed by atoms with van der Waals surface area (Å²) in [6, 6.07) is 8.04. The molecule has 1 unspecified atom stereocenters. The first-order valence-corrected chi connectivity index (χ1v) is 5.52. The van der Waals surface area contributed by atoms with Crippen LogP contribution in [0.3, 0.4) is 0 Å². The summed E-state index contributed by atoms with van der Waals surface area (Å²) in [5, 5.41) is 0. The van der Waals surface area contributed by atoms with Crippen molar-refractivity contribution in [1.82, 2.24) is 0 Å². The highest BCUT2D eigenvalue weighted by atomic mass is 31.1. The summed E-state index contributed by atoms with van der Waals surface area (Å²) >= 11 is 0. The Balaban J connectivity index is 2.53. The lowest BCUT2D eigenvalue weighted by Gasteiger charge is -1.98. The zero-order valence-corrected chi connectivity index (χ0v) is 8.08. The fraction of sp³-hybridized carbons (Fsp3) is 0.333. The molecule has 1 N–H and O–H groups in total. The van der Waals surface area contributed by atoms with Crippen LogP contribution in [0.15, 0.2) is 24.3 Å². The van der Waals surface area contributed by atoms with Crippen molar-refractivity contribution >= 4 is 8.03 Å². The second-order valence-corrected chi connectivity index (χ2v) is 4.17. The molecule has 2 nitrogen and oxygen atoms in total. The molecular weight excluding hydrogens is 171 g/mol. The number of hydrogen-bond donors (Lipinski definition) is 1. The van der Waals surface area contributed by atoms with Crippen molar-refractivity contribution in [2.45, 2.75) is 13.3 Å². The Morgan fingerprint density at radius 2 is 1.92 bits per heavy atom. The van der Waals surface area contributed by atoms with E-state index in [0.717, 1.165) is 5.56 Å². The van der Waals surface area contributed by atoms with Crippen LogP contribution < -0.4 is 0 Å². The lowest BCUT2D eigenvalue weighted by molar-refractivity contribution is 0.502. The van der Waals surface area contributed by atoms with Crippen molar-refractivity contribution in [2.24, 2.45) is 0 Å². The van der Waals surface area contributed by atoms with Gasteiger partial charge in [0, 0.05) is 6.16 Å². The summed E-state index contributed by atoms with van der Waals surface area (Å²) < 4.78 is 10.4. The molecule has 1 aromatic rings. The van der Waals surface area contributed by atoms with Crippen LogP contribution in [0.4, 0.5) is 0 Å². The Hall–Kier alpha value is -0.590. The predicted molar refractivity (Wildman–Crippen MR) is 51.0 cm³/mol. The molecule has 0 aromatic heterocycles. The molecule has 0 spiro atoms. The van der Waals surface area contributed by atoms with Gasteiger partial charge in [-0.15, -0.1) is 0 Å². The fourth-order valence-electron chi connectivity index (χ4n) is 1.01. The van der Waals surface area contributed by atoms with Gasteiger partial charge >= 0.3 is 0 Å². The van der Waals surface area contributed by atoms with Gasteiger partial charge in [-0.25, -0.2) is 0 Å². The number of hydrogen-bond acceptors (Lipinski definition) is 1. The van der Waals surface area contributed by atoms with Crippen LogP contribution in [0.5, 0.6) is 0 Å². The van der Waals surface area contributed by atoms with Gasteiger partial charge < -0.3 is 4.89 Å². The van der Waals surface area contributed by atoms with Gasteiger partial charge in [-0.05, 0) is 18.9 Å². The minimum Gasteiger partial charge on any atom is -0.346 e. The van der Waals surface area contributed by atoms with E-state index in [2.05, 4.69) is 0 Å². The lowest BCUT2D eigenvalue weighted by Crippen LogP contribution is -1.87. The van der Waals surface area contributed by atoms with E-state index in [1.54, 1.807) is 0 Å². The highest BCUT2D eigenvalue weighted by Crippen LogP contribution is 2.15. The monoisotopic (exact) mass is 184 g/mol. The van der Waals surface area contributed by atoms with Crippen LogP contribution in [0.2, 0.25) is 0 Å². The van der Waals surface area contributed by atoms with Crippen LogP contribution >= 0.6 is 8.03 Å². The van der Waals surface area contributed by atoms with Crippen LogP contribution in [-0.2, 0) is 11.0 Å². The summed E-state index contributed by atoms with van der Waals surface area (Å²) in [6.07, 6.45) is 1.10. The van der Waals surface area contributed by atoms with Crippen LogP contribution in [0.25, 0.3) is 0 Å². The Kier molecular flexibility index (Phi) is 3.51. The third-order valence-electron chi connectivity index (χ3n) is 1.75. The minimum absolute atomic E-state index is 0.397. The van der Waals surface area contributed by atoms with Gasteiger partial charge in [-0.2, -0.15) is 0 Å². The molecule has 0 amide bonds. The van der Waals surface area contributed by atoms with E-state index in [1.165, 1.54) is 5.56 Å². The smallest absolute Gasteiger partial charge is 0.189 e. The number of rotatable bonds is 3. The molecule has 0 aliphatic heterocycles. The first-order valence-electron chi connectivity index (χ1n) is 3.96. The van der Waals surface area contributed by atoms with Crippen LogP contribution in [0.1, 0.15) is 11.1 Å². The maximum atomic E-state index is 10.4. The van der Waals surface area contributed by atoms with Crippen LogP contribution in [-0.4, -0.2) is 11.1 Å². The molecule has 0 saturated heterocycles. The van der Waals surface area contributed by atoms with Crippen molar-refractivity contribution < 1.29 is 9.46 Å². The second kappa shape index (κ2) is 4.44. The second-order valence-electron chi connectivity index (χ2n) is 2.88. The highest BCUT2D eigenvalue weighted by molar-refractivity contribution is 7.37. The zero-order valence-electron chi connectivity index (χ0n) is 7.08. The van der Waals surface area contributed by atoms with Gasteiger partial charge in [0.15, 0.2) is 8.03 Å². The van der Waals surface area contributed by atoms with E-state index in [1.807, 2.05) is 31.2 Å². The number of benzene rings is 1. The fourth-order valence-corrected chi connectivity index (χ4v) is 1.51. The Morgan fingerprint density at radius 1 is 1.33 bits per heavy atom. The molecule has 0 saturated carbocycles. The molecular formula is C9H13O2P. The van der Waals surface area contributed by atoms with Gasteiger partial charge in [-0.1, -0.05) is 29.8 Å². The zero-order chi connectivity index (χ0) is 8.97.